The summed E-state index contributed by atoms with van der Waals surface area (Å²) in [5.41, 5.74) is 4.84. The molecule has 0 radical (unpaired) electrons. The van der Waals surface area contributed by atoms with E-state index in [2.05, 4.69) is 24.4 Å². The van der Waals surface area contributed by atoms with Crippen LogP contribution in [-0.4, -0.2) is 25.2 Å². The maximum Gasteiger partial charge on any atom is 0.255 e. The van der Waals surface area contributed by atoms with Gasteiger partial charge in [-0.05, 0) is 69.0 Å². The van der Waals surface area contributed by atoms with Crippen molar-refractivity contribution in [2.45, 2.75) is 39.7 Å². The zero-order valence-corrected chi connectivity index (χ0v) is 15.1. The molecule has 2 aromatic rings. The van der Waals surface area contributed by atoms with Crippen LogP contribution >= 0.6 is 0 Å². The number of aryl methyl sites for hydroxylation is 3. The van der Waals surface area contributed by atoms with Crippen molar-refractivity contribution in [1.29, 1.82) is 0 Å². The molecule has 0 bridgehead atoms. The Labute approximate surface area is 149 Å². The van der Waals surface area contributed by atoms with Crippen LogP contribution in [0, 0.1) is 20.8 Å². The van der Waals surface area contributed by atoms with Gasteiger partial charge in [-0.3, -0.25) is 4.79 Å². The fourth-order valence-corrected chi connectivity index (χ4v) is 3.23. The van der Waals surface area contributed by atoms with Gasteiger partial charge in [0, 0.05) is 17.9 Å². The number of nitrogens with one attached hydrogen (secondary N) is 1. The first kappa shape index (κ1) is 17.5. The van der Waals surface area contributed by atoms with E-state index < -0.39 is 0 Å². The summed E-state index contributed by atoms with van der Waals surface area (Å²) in [6, 6.07) is 11.4. The zero-order valence-electron chi connectivity index (χ0n) is 15.1. The molecule has 4 heteroatoms. The van der Waals surface area contributed by atoms with Crippen LogP contribution in [0.15, 0.2) is 36.4 Å². The third-order valence-electron chi connectivity index (χ3n) is 4.49. The molecule has 132 valence electrons. The van der Waals surface area contributed by atoms with Crippen LogP contribution in [0.25, 0.3) is 0 Å². The minimum absolute atomic E-state index is 0.110. The highest BCUT2D eigenvalue weighted by Gasteiger charge is 2.16. The lowest BCUT2D eigenvalue weighted by Gasteiger charge is -2.14. The molecular formula is C21H25NO3. The van der Waals surface area contributed by atoms with Crippen molar-refractivity contribution >= 4 is 11.6 Å². The Morgan fingerprint density at radius 3 is 2.44 bits per heavy atom. The summed E-state index contributed by atoms with van der Waals surface area (Å²) >= 11 is 0. The van der Waals surface area contributed by atoms with E-state index in [1.165, 1.54) is 5.56 Å². The van der Waals surface area contributed by atoms with Crippen molar-refractivity contribution in [3.63, 3.8) is 0 Å². The summed E-state index contributed by atoms with van der Waals surface area (Å²) < 4.78 is 11.3. The second-order valence-corrected chi connectivity index (χ2v) is 6.70. The largest absolute Gasteiger partial charge is 0.491 e. The zero-order chi connectivity index (χ0) is 17.8. The Hall–Kier alpha value is -2.33. The number of hydrogen-bond donors (Lipinski definition) is 1. The Balaban J connectivity index is 1.62. The number of anilines is 1. The van der Waals surface area contributed by atoms with E-state index >= 15 is 0 Å². The summed E-state index contributed by atoms with van der Waals surface area (Å²) in [5, 5.41) is 3.02. The van der Waals surface area contributed by atoms with Gasteiger partial charge in [-0.1, -0.05) is 17.7 Å². The highest BCUT2D eigenvalue weighted by atomic mass is 16.5. The van der Waals surface area contributed by atoms with Crippen LogP contribution in [0.4, 0.5) is 5.69 Å². The van der Waals surface area contributed by atoms with Crippen LogP contribution in [0.2, 0.25) is 0 Å². The van der Waals surface area contributed by atoms with Crippen molar-refractivity contribution in [2.75, 3.05) is 18.5 Å². The summed E-state index contributed by atoms with van der Waals surface area (Å²) in [6.45, 7) is 7.47. The lowest BCUT2D eigenvalue weighted by molar-refractivity contribution is 0.0679. The molecule has 0 unspecified atom stereocenters. The molecule has 1 heterocycles. The average Bonchev–Trinajstić information content (AvgIpc) is 3.10. The van der Waals surface area contributed by atoms with Crippen molar-refractivity contribution < 1.29 is 14.3 Å². The van der Waals surface area contributed by atoms with Gasteiger partial charge in [0.1, 0.15) is 12.4 Å². The molecule has 1 saturated heterocycles. The summed E-state index contributed by atoms with van der Waals surface area (Å²) in [7, 11) is 0. The fourth-order valence-electron chi connectivity index (χ4n) is 3.23. The normalized spacial score (nSPS) is 16.7. The van der Waals surface area contributed by atoms with Crippen LogP contribution in [0.5, 0.6) is 5.75 Å². The van der Waals surface area contributed by atoms with E-state index in [1.807, 2.05) is 26.0 Å². The van der Waals surface area contributed by atoms with Crippen LogP contribution in [0.1, 0.15) is 39.9 Å². The van der Waals surface area contributed by atoms with Gasteiger partial charge in [0.05, 0.1) is 6.10 Å². The van der Waals surface area contributed by atoms with Gasteiger partial charge in [0.25, 0.3) is 5.91 Å². The SMILES string of the molecule is Cc1cc(C)c(NC(=O)c2ccc(OC[C@H]3CCCO3)cc2)c(C)c1. The fraction of sp³-hybridized carbons (Fsp3) is 0.381. The maximum atomic E-state index is 12.5. The van der Waals surface area contributed by atoms with Crippen LogP contribution in [0.3, 0.4) is 0 Å². The Bertz CT molecular complexity index is 723. The van der Waals surface area contributed by atoms with E-state index in [4.69, 9.17) is 9.47 Å². The van der Waals surface area contributed by atoms with E-state index in [9.17, 15) is 4.79 Å². The van der Waals surface area contributed by atoms with Gasteiger partial charge < -0.3 is 14.8 Å². The molecule has 0 aromatic heterocycles. The molecular weight excluding hydrogens is 314 g/mol. The predicted octanol–water partition coefficient (Wildman–Crippen LogP) is 4.42. The smallest absolute Gasteiger partial charge is 0.255 e. The standard InChI is InChI=1S/C21H25NO3/c1-14-11-15(2)20(16(3)12-14)22-21(23)17-6-8-18(9-7-17)25-13-19-5-4-10-24-19/h6-9,11-12,19H,4-5,10,13H2,1-3H3,(H,22,23)/t19-/m1/s1. The van der Waals surface area contributed by atoms with Crippen LogP contribution < -0.4 is 10.1 Å². The summed E-state index contributed by atoms with van der Waals surface area (Å²) in [5.74, 6) is 0.649. The number of amides is 1. The average molecular weight is 339 g/mol. The molecule has 1 N–H and O–H groups in total. The van der Waals surface area contributed by atoms with Crippen LogP contribution in [-0.2, 0) is 4.74 Å². The quantitative estimate of drug-likeness (QED) is 0.877. The second-order valence-electron chi connectivity index (χ2n) is 6.70. The molecule has 1 amide bonds. The van der Waals surface area contributed by atoms with Crippen molar-refractivity contribution in [3.05, 3.63) is 58.7 Å². The molecule has 1 aliphatic rings. The molecule has 25 heavy (non-hydrogen) atoms. The predicted molar refractivity (Wildman–Crippen MR) is 99.5 cm³/mol. The molecule has 4 nitrogen and oxygen atoms in total. The Morgan fingerprint density at radius 2 is 1.84 bits per heavy atom. The highest BCUT2D eigenvalue weighted by molar-refractivity contribution is 6.05. The molecule has 0 aliphatic carbocycles. The number of carbonyl (C=O) groups is 1. The minimum Gasteiger partial charge on any atom is -0.491 e. The molecule has 1 fully saturated rings. The van der Waals surface area contributed by atoms with E-state index in [0.29, 0.717) is 12.2 Å². The lowest BCUT2D eigenvalue weighted by atomic mass is 10.0. The van der Waals surface area contributed by atoms with E-state index in [-0.39, 0.29) is 12.0 Å². The minimum atomic E-state index is -0.110. The first-order chi connectivity index (χ1) is 12.0. The number of hydrogen-bond acceptors (Lipinski definition) is 3. The van der Waals surface area contributed by atoms with Crippen molar-refractivity contribution in [1.82, 2.24) is 0 Å². The van der Waals surface area contributed by atoms with Gasteiger partial charge in [-0.2, -0.15) is 0 Å². The number of carbonyl (C=O) groups excluding carboxylic acids is 1. The first-order valence-electron chi connectivity index (χ1n) is 8.76. The molecule has 1 aliphatic heterocycles. The summed E-state index contributed by atoms with van der Waals surface area (Å²) in [4.78, 5) is 12.5. The number of benzene rings is 2. The van der Waals surface area contributed by atoms with Gasteiger partial charge >= 0.3 is 0 Å². The second kappa shape index (κ2) is 7.70. The summed E-state index contributed by atoms with van der Waals surface area (Å²) in [6.07, 6.45) is 2.34. The highest BCUT2D eigenvalue weighted by Crippen LogP contribution is 2.23. The third-order valence-corrected chi connectivity index (χ3v) is 4.49. The maximum absolute atomic E-state index is 12.5. The van der Waals surface area contributed by atoms with Gasteiger partial charge in [-0.25, -0.2) is 0 Å². The van der Waals surface area contributed by atoms with E-state index in [1.54, 1.807) is 12.1 Å². The lowest BCUT2D eigenvalue weighted by Crippen LogP contribution is -2.16. The van der Waals surface area contributed by atoms with Gasteiger partial charge in [0.2, 0.25) is 0 Å². The molecule has 1 atom stereocenters. The Kier molecular flexibility index (Phi) is 5.39. The topological polar surface area (TPSA) is 47.6 Å². The Morgan fingerprint density at radius 1 is 1.16 bits per heavy atom. The third kappa shape index (κ3) is 4.40. The molecule has 3 rings (SSSR count). The first-order valence-corrected chi connectivity index (χ1v) is 8.76. The van der Waals surface area contributed by atoms with Crippen molar-refractivity contribution in [3.8, 4) is 5.75 Å². The van der Waals surface area contributed by atoms with Crippen molar-refractivity contribution in [2.24, 2.45) is 0 Å². The van der Waals surface area contributed by atoms with Gasteiger partial charge in [0.15, 0.2) is 0 Å². The number of ether oxygens (including phenoxy) is 2. The van der Waals surface area contributed by atoms with E-state index in [0.717, 1.165) is 42.0 Å². The molecule has 2 aromatic carbocycles. The molecule has 0 spiro atoms. The van der Waals surface area contributed by atoms with Gasteiger partial charge in [-0.15, -0.1) is 0 Å². The monoisotopic (exact) mass is 339 g/mol. The number of rotatable bonds is 5. The molecule has 0 saturated carbocycles.